The Balaban J connectivity index is 2.15. The number of unbranched alkanes of at least 4 members (excludes halogenated alkanes) is 1. The summed E-state index contributed by atoms with van der Waals surface area (Å²) in [6.07, 6.45) is -1.08. The summed E-state index contributed by atoms with van der Waals surface area (Å²) in [4.78, 5) is 18.0. The highest BCUT2D eigenvalue weighted by molar-refractivity contribution is 5.93. The number of halogens is 3. The molecule has 134 valence electrons. The van der Waals surface area contributed by atoms with Crippen molar-refractivity contribution in [2.75, 3.05) is 18.9 Å². The molecule has 0 atom stereocenters. The van der Waals surface area contributed by atoms with E-state index in [2.05, 4.69) is 10.3 Å². The summed E-state index contributed by atoms with van der Waals surface area (Å²) in [5.74, 6) is -0.221. The Bertz CT molecular complexity index is 732. The average Bonchev–Trinajstić information content (AvgIpc) is 2.58. The largest absolute Gasteiger partial charge is 0.416 e. The van der Waals surface area contributed by atoms with Crippen LogP contribution in [0.1, 0.15) is 35.8 Å². The van der Waals surface area contributed by atoms with E-state index in [1.165, 1.54) is 24.4 Å². The number of benzene rings is 1. The Morgan fingerprint density at radius 2 is 1.92 bits per heavy atom. The van der Waals surface area contributed by atoms with Gasteiger partial charge >= 0.3 is 6.18 Å². The summed E-state index contributed by atoms with van der Waals surface area (Å²) in [7, 11) is 1.70. The lowest BCUT2D eigenvalue weighted by atomic mass is 10.2. The minimum atomic E-state index is -4.40. The number of carbonyl (C=O) groups excluding carboxylic acids is 1. The molecular weight excluding hydrogens is 331 g/mol. The molecule has 0 aliphatic heterocycles. The Morgan fingerprint density at radius 1 is 1.20 bits per heavy atom. The molecule has 4 nitrogen and oxygen atoms in total. The van der Waals surface area contributed by atoms with E-state index >= 15 is 0 Å². The maximum absolute atomic E-state index is 12.8. The van der Waals surface area contributed by atoms with Crippen LogP contribution < -0.4 is 5.32 Å². The van der Waals surface area contributed by atoms with Gasteiger partial charge in [0.15, 0.2) is 0 Å². The predicted molar refractivity (Wildman–Crippen MR) is 90.8 cm³/mol. The molecule has 1 aromatic carbocycles. The van der Waals surface area contributed by atoms with Crippen molar-refractivity contribution < 1.29 is 18.0 Å². The van der Waals surface area contributed by atoms with Gasteiger partial charge in [-0.3, -0.25) is 9.78 Å². The highest BCUT2D eigenvalue weighted by Crippen LogP contribution is 2.31. The molecule has 0 spiro atoms. The minimum absolute atomic E-state index is 0.221. The maximum atomic E-state index is 12.8. The summed E-state index contributed by atoms with van der Waals surface area (Å²) in [5.41, 5.74) is 0.304. The van der Waals surface area contributed by atoms with E-state index in [4.69, 9.17) is 0 Å². The number of carbonyl (C=O) groups is 1. The fourth-order valence-corrected chi connectivity index (χ4v) is 2.26. The third kappa shape index (κ3) is 5.20. The Morgan fingerprint density at radius 3 is 2.60 bits per heavy atom. The van der Waals surface area contributed by atoms with Gasteiger partial charge in [-0.05, 0) is 36.8 Å². The van der Waals surface area contributed by atoms with Crippen LogP contribution in [0.25, 0.3) is 0 Å². The van der Waals surface area contributed by atoms with E-state index in [0.29, 0.717) is 17.9 Å². The van der Waals surface area contributed by atoms with Gasteiger partial charge in [-0.15, -0.1) is 0 Å². The SMILES string of the molecule is CCCCN(C)C(=O)c1cc(Nc2cccc(C(F)(F)F)c2)ccn1. The quantitative estimate of drug-likeness (QED) is 0.819. The zero-order valence-electron chi connectivity index (χ0n) is 14.1. The molecule has 0 saturated heterocycles. The first kappa shape index (κ1) is 18.8. The molecule has 25 heavy (non-hydrogen) atoms. The highest BCUT2D eigenvalue weighted by atomic mass is 19.4. The molecule has 0 saturated carbocycles. The molecule has 7 heteroatoms. The molecule has 0 bridgehead atoms. The van der Waals surface area contributed by atoms with E-state index in [1.54, 1.807) is 18.0 Å². The summed E-state index contributed by atoms with van der Waals surface area (Å²) in [6.45, 7) is 2.67. The molecule has 0 unspecified atom stereocenters. The highest BCUT2D eigenvalue weighted by Gasteiger charge is 2.30. The van der Waals surface area contributed by atoms with Crippen molar-refractivity contribution in [2.24, 2.45) is 0 Å². The minimum Gasteiger partial charge on any atom is -0.355 e. The van der Waals surface area contributed by atoms with Crippen LogP contribution in [0.2, 0.25) is 0 Å². The topological polar surface area (TPSA) is 45.2 Å². The van der Waals surface area contributed by atoms with Crippen molar-refractivity contribution in [3.63, 3.8) is 0 Å². The molecule has 1 aromatic heterocycles. The van der Waals surface area contributed by atoms with Gasteiger partial charge in [0.25, 0.3) is 5.91 Å². The first-order valence-electron chi connectivity index (χ1n) is 7.97. The Kier molecular flexibility index (Phi) is 6.01. The van der Waals surface area contributed by atoms with Crippen molar-refractivity contribution in [2.45, 2.75) is 25.9 Å². The number of aromatic nitrogens is 1. The number of rotatable bonds is 6. The monoisotopic (exact) mass is 351 g/mol. The van der Waals surface area contributed by atoms with Crippen LogP contribution in [-0.2, 0) is 6.18 Å². The van der Waals surface area contributed by atoms with Crippen LogP contribution in [0.4, 0.5) is 24.5 Å². The van der Waals surface area contributed by atoms with Crippen molar-refractivity contribution in [1.82, 2.24) is 9.88 Å². The van der Waals surface area contributed by atoms with Crippen LogP contribution in [-0.4, -0.2) is 29.4 Å². The van der Waals surface area contributed by atoms with Gasteiger partial charge in [0.05, 0.1) is 5.56 Å². The van der Waals surface area contributed by atoms with E-state index in [1.807, 2.05) is 6.92 Å². The average molecular weight is 351 g/mol. The molecule has 1 amide bonds. The fraction of sp³-hybridized carbons (Fsp3) is 0.333. The van der Waals surface area contributed by atoms with E-state index < -0.39 is 11.7 Å². The second kappa shape index (κ2) is 8.00. The zero-order valence-corrected chi connectivity index (χ0v) is 14.1. The van der Waals surface area contributed by atoms with E-state index in [-0.39, 0.29) is 11.6 Å². The van der Waals surface area contributed by atoms with Crippen LogP contribution in [0.3, 0.4) is 0 Å². The van der Waals surface area contributed by atoms with Gasteiger partial charge in [0, 0.05) is 31.2 Å². The van der Waals surface area contributed by atoms with Gasteiger partial charge in [-0.1, -0.05) is 19.4 Å². The van der Waals surface area contributed by atoms with E-state index in [0.717, 1.165) is 25.0 Å². The molecule has 2 aromatic rings. The third-order valence-electron chi connectivity index (χ3n) is 3.65. The molecule has 0 radical (unpaired) electrons. The summed E-state index contributed by atoms with van der Waals surface area (Å²) >= 11 is 0. The number of hydrogen-bond donors (Lipinski definition) is 1. The normalized spacial score (nSPS) is 11.2. The summed E-state index contributed by atoms with van der Waals surface area (Å²) < 4.78 is 38.3. The lowest BCUT2D eigenvalue weighted by molar-refractivity contribution is -0.137. The molecule has 1 N–H and O–H groups in total. The number of alkyl halides is 3. The lowest BCUT2D eigenvalue weighted by Gasteiger charge is -2.16. The van der Waals surface area contributed by atoms with Crippen molar-refractivity contribution >= 4 is 17.3 Å². The molecule has 0 fully saturated rings. The number of nitrogens with zero attached hydrogens (tertiary/aromatic N) is 2. The zero-order chi connectivity index (χ0) is 18.4. The first-order chi connectivity index (χ1) is 11.8. The molecule has 0 aliphatic carbocycles. The van der Waals surface area contributed by atoms with Crippen molar-refractivity contribution in [1.29, 1.82) is 0 Å². The standard InChI is InChI=1S/C18H20F3N3O/c1-3-4-10-24(2)17(25)16-12-15(8-9-22-16)23-14-7-5-6-13(11-14)18(19,20)21/h5-9,11-12H,3-4,10H2,1-2H3,(H,22,23). The number of pyridine rings is 1. The predicted octanol–water partition coefficient (Wildman–Crippen LogP) is 4.72. The summed E-state index contributed by atoms with van der Waals surface area (Å²) in [6, 6.07) is 8.03. The first-order valence-corrected chi connectivity index (χ1v) is 7.97. The maximum Gasteiger partial charge on any atom is 0.416 e. The Labute approximate surface area is 144 Å². The molecule has 0 aliphatic rings. The van der Waals surface area contributed by atoms with Gasteiger partial charge in [0.1, 0.15) is 5.69 Å². The molecular formula is C18H20F3N3O. The van der Waals surface area contributed by atoms with Crippen LogP contribution in [0.15, 0.2) is 42.6 Å². The van der Waals surface area contributed by atoms with Crippen LogP contribution >= 0.6 is 0 Å². The number of nitrogens with one attached hydrogen (secondary N) is 1. The second-order valence-corrected chi connectivity index (χ2v) is 5.71. The number of anilines is 2. The second-order valence-electron chi connectivity index (χ2n) is 5.71. The van der Waals surface area contributed by atoms with Crippen molar-refractivity contribution in [3.05, 3.63) is 53.9 Å². The Hall–Kier alpha value is -2.57. The fourth-order valence-electron chi connectivity index (χ4n) is 2.26. The van der Waals surface area contributed by atoms with Gasteiger partial charge in [-0.25, -0.2) is 0 Å². The molecule has 2 rings (SSSR count). The lowest BCUT2D eigenvalue weighted by Crippen LogP contribution is -2.28. The number of hydrogen-bond acceptors (Lipinski definition) is 3. The third-order valence-corrected chi connectivity index (χ3v) is 3.65. The van der Waals surface area contributed by atoms with Gasteiger partial charge in [0.2, 0.25) is 0 Å². The van der Waals surface area contributed by atoms with E-state index in [9.17, 15) is 18.0 Å². The van der Waals surface area contributed by atoms with Crippen LogP contribution in [0, 0.1) is 0 Å². The molecule has 1 heterocycles. The number of amides is 1. The summed E-state index contributed by atoms with van der Waals surface area (Å²) in [5, 5.41) is 2.88. The smallest absolute Gasteiger partial charge is 0.355 e. The van der Waals surface area contributed by atoms with Crippen molar-refractivity contribution in [3.8, 4) is 0 Å². The van der Waals surface area contributed by atoms with Gasteiger partial charge < -0.3 is 10.2 Å². The van der Waals surface area contributed by atoms with Crippen LogP contribution in [0.5, 0.6) is 0 Å². The van der Waals surface area contributed by atoms with Gasteiger partial charge in [-0.2, -0.15) is 13.2 Å².